The van der Waals surface area contributed by atoms with Crippen LogP contribution < -0.4 is 0 Å². The maximum absolute atomic E-state index is 13.0. The topological polar surface area (TPSA) is 49.9 Å². The van der Waals surface area contributed by atoms with Crippen LogP contribution in [0.3, 0.4) is 0 Å². The number of alkyl halides is 1. The number of hydrogen-bond donors (Lipinski definition) is 0. The Kier molecular flexibility index (Phi) is 5.71. The normalized spacial score (nSPS) is 34.2. The second-order valence-electron chi connectivity index (χ2n) is 5.70. The Morgan fingerprint density at radius 1 is 1.25 bits per heavy atom. The standard InChI is InChI=1S/C13H25ClN2O3S/c1-3-12-10-19-11(2)9-16(12)20(17,18)15-7-5-4-6-13(15)8-14/h11-13H,3-10H2,1-2H3. The minimum Gasteiger partial charge on any atom is -0.375 e. The quantitative estimate of drug-likeness (QED) is 0.741. The molecular formula is C13H25ClN2O3S. The molecule has 0 aromatic rings. The molecule has 0 N–H and O–H groups in total. The first-order valence-electron chi connectivity index (χ1n) is 7.46. The lowest BCUT2D eigenvalue weighted by Crippen LogP contribution is -2.58. The maximum Gasteiger partial charge on any atom is 0.282 e. The van der Waals surface area contributed by atoms with Crippen molar-refractivity contribution in [3.63, 3.8) is 0 Å². The van der Waals surface area contributed by atoms with Gasteiger partial charge >= 0.3 is 0 Å². The second-order valence-corrected chi connectivity index (χ2v) is 7.84. The molecule has 3 unspecified atom stereocenters. The molecule has 2 rings (SSSR count). The molecule has 0 aromatic carbocycles. The molecule has 2 aliphatic heterocycles. The number of rotatable bonds is 4. The van der Waals surface area contributed by atoms with Crippen molar-refractivity contribution >= 4 is 21.8 Å². The highest BCUT2D eigenvalue weighted by Crippen LogP contribution is 2.27. The van der Waals surface area contributed by atoms with E-state index >= 15 is 0 Å². The van der Waals surface area contributed by atoms with Crippen molar-refractivity contribution < 1.29 is 13.2 Å². The van der Waals surface area contributed by atoms with Crippen LogP contribution in [-0.2, 0) is 14.9 Å². The Morgan fingerprint density at radius 3 is 2.65 bits per heavy atom. The highest BCUT2D eigenvalue weighted by Gasteiger charge is 2.41. The summed E-state index contributed by atoms with van der Waals surface area (Å²) in [4.78, 5) is 0. The van der Waals surface area contributed by atoms with Crippen molar-refractivity contribution in [2.45, 2.75) is 57.7 Å². The lowest BCUT2D eigenvalue weighted by atomic mass is 10.1. The fourth-order valence-corrected chi connectivity index (χ4v) is 5.56. The van der Waals surface area contributed by atoms with Crippen molar-refractivity contribution in [2.75, 3.05) is 25.6 Å². The summed E-state index contributed by atoms with van der Waals surface area (Å²) in [6.07, 6.45) is 3.56. The zero-order valence-electron chi connectivity index (χ0n) is 12.3. The van der Waals surface area contributed by atoms with E-state index in [9.17, 15) is 8.42 Å². The number of hydrogen-bond acceptors (Lipinski definition) is 3. The second kappa shape index (κ2) is 6.92. The molecule has 0 spiro atoms. The van der Waals surface area contributed by atoms with Gasteiger partial charge in [0.25, 0.3) is 10.2 Å². The van der Waals surface area contributed by atoms with Gasteiger partial charge in [0.2, 0.25) is 0 Å². The van der Waals surface area contributed by atoms with E-state index in [1.165, 1.54) is 0 Å². The van der Waals surface area contributed by atoms with Gasteiger partial charge in [0.05, 0.1) is 12.7 Å². The van der Waals surface area contributed by atoms with Gasteiger partial charge in [-0.15, -0.1) is 11.6 Å². The third kappa shape index (κ3) is 3.30. The summed E-state index contributed by atoms with van der Waals surface area (Å²) >= 11 is 5.97. The van der Waals surface area contributed by atoms with Crippen LogP contribution in [0.2, 0.25) is 0 Å². The molecular weight excluding hydrogens is 300 g/mol. The third-order valence-electron chi connectivity index (χ3n) is 4.23. The van der Waals surface area contributed by atoms with Crippen molar-refractivity contribution in [3.05, 3.63) is 0 Å². The minimum atomic E-state index is -3.44. The molecule has 3 atom stereocenters. The van der Waals surface area contributed by atoms with Gasteiger partial charge in [-0.25, -0.2) is 0 Å². The minimum absolute atomic E-state index is 0.0492. The summed E-state index contributed by atoms with van der Waals surface area (Å²) in [5, 5.41) is 0. The Bertz CT molecular complexity index is 418. The van der Waals surface area contributed by atoms with Gasteiger partial charge < -0.3 is 4.74 Å². The van der Waals surface area contributed by atoms with Crippen LogP contribution in [0.4, 0.5) is 0 Å². The molecule has 2 saturated heterocycles. The predicted octanol–water partition coefficient (Wildman–Crippen LogP) is 1.82. The first kappa shape index (κ1) is 16.5. The monoisotopic (exact) mass is 324 g/mol. The summed E-state index contributed by atoms with van der Waals surface area (Å²) in [6.45, 7) is 5.43. The molecule has 0 aromatic heterocycles. The Labute approximate surface area is 127 Å². The van der Waals surface area contributed by atoms with Gasteiger partial charge in [0.15, 0.2) is 0 Å². The molecule has 2 fully saturated rings. The molecule has 0 radical (unpaired) electrons. The molecule has 5 nitrogen and oxygen atoms in total. The van der Waals surface area contributed by atoms with E-state index in [0.717, 1.165) is 25.7 Å². The van der Waals surface area contributed by atoms with Crippen LogP contribution in [-0.4, -0.2) is 60.8 Å². The SMILES string of the molecule is CCC1COC(C)CN1S(=O)(=O)N1CCCCC1CCl. The van der Waals surface area contributed by atoms with Crippen LogP contribution in [0.25, 0.3) is 0 Å². The van der Waals surface area contributed by atoms with Crippen LogP contribution in [0.1, 0.15) is 39.5 Å². The zero-order chi connectivity index (χ0) is 14.8. The van der Waals surface area contributed by atoms with E-state index in [1.807, 2.05) is 13.8 Å². The van der Waals surface area contributed by atoms with Gasteiger partial charge in [-0.2, -0.15) is 17.0 Å². The van der Waals surface area contributed by atoms with Crippen LogP contribution in [0.15, 0.2) is 0 Å². The molecule has 0 aliphatic carbocycles. The van der Waals surface area contributed by atoms with Gasteiger partial charge in [-0.3, -0.25) is 0 Å². The third-order valence-corrected chi connectivity index (χ3v) is 6.70. The van der Waals surface area contributed by atoms with Crippen molar-refractivity contribution in [1.82, 2.24) is 8.61 Å². The average molecular weight is 325 g/mol. The highest BCUT2D eigenvalue weighted by atomic mass is 35.5. The molecule has 0 amide bonds. The van der Waals surface area contributed by atoms with Gasteiger partial charge in [0, 0.05) is 31.1 Å². The summed E-state index contributed by atoms with van der Waals surface area (Å²) in [6, 6.07) is -0.125. The lowest BCUT2D eigenvalue weighted by Gasteiger charge is -2.42. The Balaban J connectivity index is 2.22. The van der Waals surface area contributed by atoms with Crippen LogP contribution in [0, 0.1) is 0 Å². The number of halogens is 1. The fourth-order valence-electron chi connectivity index (χ4n) is 2.98. The zero-order valence-corrected chi connectivity index (χ0v) is 13.9. The summed E-state index contributed by atoms with van der Waals surface area (Å²) in [5.74, 6) is 0.371. The van der Waals surface area contributed by atoms with E-state index in [1.54, 1.807) is 8.61 Å². The molecule has 20 heavy (non-hydrogen) atoms. The highest BCUT2D eigenvalue weighted by molar-refractivity contribution is 7.86. The molecule has 0 saturated carbocycles. The van der Waals surface area contributed by atoms with Crippen molar-refractivity contribution in [1.29, 1.82) is 0 Å². The number of piperidine rings is 1. The molecule has 2 heterocycles. The van der Waals surface area contributed by atoms with E-state index in [0.29, 0.717) is 25.6 Å². The van der Waals surface area contributed by atoms with E-state index in [2.05, 4.69) is 0 Å². The smallest absolute Gasteiger partial charge is 0.282 e. The molecule has 0 bridgehead atoms. The molecule has 7 heteroatoms. The fraction of sp³-hybridized carbons (Fsp3) is 1.00. The van der Waals surface area contributed by atoms with Gasteiger partial charge in [-0.1, -0.05) is 13.3 Å². The number of ether oxygens (including phenoxy) is 1. The Morgan fingerprint density at radius 2 is 2.00 bits per heavy atom. The number of morpholine rings is 1. The van der Waals surface area contributed by atoms with E-state index in [4.69, 9.17) is 16.3 Å². The van der Waals surface area contributed by atoms with Crippen molar-refractivity contribution in [3.8, 4) is 0 Å². The molecule has 118 valence electrons. The summed E-state index contributed by atoms with van der Waals surface area (Å²) in [5.41, 5.74) is 0. The van der Waals surface area contributed by atoms with Crippen LogP contribution >= 0.6 is 11.6 Å². The lowest BCUT2D eigenvalue weighted by molar-refractivity contribution is -0.0257. The average Bonchev–Trinajstić information content (AvgIpc) is 2.47. The van der Waals surface area contributed by atoms with E-state index in [-0.39, 0.29) is 18.2 Å². The van der Waals surface area contributed by atoms with Crippen LogP contribution in [0.5, 0.6) is 0 Å². The van der Waals surface area contributed by atoms with Crippen molar-refractivity contribution in [2.24, 2.45) is 0 Å². The number of nitrogens with zero attached hydrogens (tertiary/aromatic N) is 2. The molecule has 2 aliphatic rings. The maximum atomic E-state index is 13.0. The predicted molar refractivity (Wildman–Crippen MR) is 80.2 cm³/mol. The summed E-state index contributed by atoms with van der Waals surface area (Å²) < 4.78 is 34.8. The summed E-state index contributed by atoms with van der Waals surface area (Å²) in [7, 11) is -3.44. The largest absolute Gasteiger partial charge is 0.375 e. The van der Waals surface area contributed by atoms with E-state index < -0.39 is 10.2 Å². The first-order valence-corrected chi connectivity index (χ1v) is 9.40. The first-order chi connectivity index (χ1) is 9.50. The van der Waals surface area contributed by atoms with Gasteiger partial charge in [-0.05, 0) is 26.2 Å². The Hall–Kier alpha value is 0.120. The van der Waals surface area contributed by atoms with Gasteiger partial charge in [0.1, 0.15) is 0 Å².